The van der Waals surface area contributed by atoms with Crippen molar-refractivity contribution in [1.29, 1.82) is 0 Å². The zero-order chi connectivity index (χ0) is 11.6. The van der Waals surface area contributed by atoms with Crippen molar-refractivity contribution in [2.75, 3.05) is 6.61 Å². The first-order chi connectivity index (χ1) is 7.61. The Balaban J connectivity index is 2.16. The molecule has 1 aliphatic rings. The van der Waals surface area contributed by atoms with Gasteiger partial charge in [0.25, 0.3) is 0 Å². The van der Waals surface area contributed by atoms with Gasteiger partial charge in [0.1, 0.15) is 0 Å². The SMILES string of the molecule is OCCC=Cc1ccc2c(c1)OC(F)(F)O2. The Morgan fingerprint density at radius 1 is 1.25 bits per heavy atom. The van der Waals surface area contributed by atoms with Gasteiger partial charge in [0.05, 0.1) is 0 Å². The fourth-order valence-corrected chi connectivity index (χ4v) is 1.36. The maximum Gasteiger partial charge on any atom is 0.586 e. The van der Waals surface area contributed by atoms with E-state index in [9.17, 15) is 8.78 Å². The van der Waals surface area contributed by atoms with Gasteiger partial charge in [-0.05, 0) is 24.1 Å². The Bertz CT molecular complexity index is 416. The average Bonchev–Trinajstić information content (AvgIpc) is 2.51. The normalized spacial score (nSPS) is 16.9. The van der Waals surface area contributed by atoms with Crippen molar-refractivity contribution in [2.45, 2.75) is 12.7 Å². The highest BCUT2D eigenvalue weighted by Gasteiger charge is 2.43. The second kappa shape index (κ2) is 4.09. The molecule has 2 rings (SSSR count). The van der Waals surface area contributed by atoms with E-state index in [0.29, 0.717) is 12.0 Å². The molecule has 1 N–H and O–H groups in total. The van der Waals surface area contributed by atoms with Crippen molar-refractivity contribution < 1.29 is 23.4 Å². The van der Waals surface area contributed by atoms with Crippen LogP contribution in [0.3, 0.4) is 0 Å². The number of alkyl halides is 2. The van der Waals surface area contributed by atoms with Crippen LogP contribution in [-0.2, 0) is 0 Å². The lowest BCUT2D eigenvalue weighted by Crippen LogP contribution is -2.25. The molecule has 1 aliphatic heterocycles. The molecule has 16 heavy (non-hydrogen) atoms. The predicted molar refractivity (Wildman–Crippen MR) is 53.4 cm³/mol. The third kappa shape index (κ3) is 2.30. The molecule has 0 bridgehead atoms. The highest BCUT2D eigenvalue weighted by Crippen LogP contribution is 2.41. The number of rotatable bonds is 3. The molecule has 0 unspecified atom stereocenters. The summed E-state index contributed by atoms with van der Waals surface area (Å²) >= 11 is 0. The van der Waals surface area contributed by atoms with E-state index in [1.807, 2.05) is 0 Å². The number of aliphatic hydroxyl groups excluding tert-OH is 1. The number of ether oxygens (including phenoxy) is 2. The lowest BCUT2D eigenvalue weighted by Gasteiger charge is -2.04. The zero-order valence-electron chi connectivity index (χ0n) is 8.32. The molecule has 0 saturated heterocycles. The minimum Gasteiger partial charge on any atom is -0.396 e. The van der Waals surface area contributed by atoms with Crippen LogP contribution in [0.4, 0.5) is 8.78 Å². The predicted octanol–water partition coefficient (Wildman–Crippen LogP) is 2.40. The number of hydrogen-bond acceptors (Lipinski definition) is 3. The van der Waals surface area contributed by atoms with Crippen molar-refractivity contribution in [3.05, 3.63) is 29.8 Å². The van der Waals surface area contributed by atoms with Crippen LogP contribution in [0.15, 0.2) is 24.3 Å². The van der Waals surface area contributed by atoms with E-state index in [2.05, 4.69) is 9.47 Å². The third-order valence-electron chi connectivity index (χ3n) is 2.03. The second-order valence-electron chi connectivity index (χ2n) is 3.29. The maximum atomic E-state index is 12.7. The van der Waals surface area contributed by atoms with Crippen LogP contribution in [0.5, 0.6) is 11.5 Å². The number of benzene rings is 1. The number of hydrogen-bond donors (Lipinski definition) is 1. The third-order valence-corrected chi connectivity index (χ3v) is 2.03. The highest BCUT2D eigenvalue weighted by atomic mass is 19.3. The Morgan fingerprint density at radius 2 is 2.00 bits per heavy atom. The average molecular weight is 228 g/mol. The van der Waals surface area contributed by atoms with Gasteiger partial charge in [0.2, 0.25) is 0 Å². The lowest BCUT2D eigenvalue weighted by molar-refractivity contribution is -0.286. The van der Waals surface area contributed by atoms with Crippen LogP contribution in [0.2, 0.25) is 0 Å². The van der Waals surface area contributed by atoms with E-state index in [0.717, 1.165) is 0 Å². The van der Waals surface area contributed by atoms with Gasteiger partial charge in [-0.2, -0.15) is 0 Å². The van der Waals surface area contributed by atoms with Crippen LogP contribution in [-0.4, -0.2) is 18.0 Å². The van der Waals surface area contributed by atoms with Crippen LogP contribution in [0, 0.1) is 0 Å². The van der Waals surface area contributed by atoms with Crippen molar-refractivity contribution in [3.63, 3.8) is 0 Å². The Morgan fingerprint density at radius 3 is 2.75 bits per heavy atom. The van der Waals surface area contributed by atoms with E-state index in [1.54, 1.807) is 18.2 Å². The molecule has 1 aromatic carbocycles. The van der Waals surface area contributed by atoms with E-state index >= 15 is 0 Å². The van der Waals surface area contributed by atoms with Gasteiger partial charge in [0, 0.05) is 6.61 Å². The molecule has 0 saturated carbocycles. The Hall–Kier alpha value is -1.62. The van der Waals surface area contributed by atoms with E-state index in [-0.39, 0.29) is 18.1 Å². The van der Waals surface area contributed by atoms with E-state index in [4.69, 9.17) is 5.11 Å². The summed E-state index contributed by atoms with van der Waals surface area (Å²) in [4.78, 5) is 0. The van der Waals surface area contributed by atoms with Crippen LogP contribution in [0.25, 0.3) is 6.08 Å². The molecule has 0 fully saturated rings. The van der Waals surface area contributed by atoms with Gasteiger partial charge < -0.3 is 14.6 Å². The molecule has 1 aromatic rings. The largest absolute Gasteiger partial charge is 0.586 e. The van der Waals surface area contributed by atoms with E-state index in [1.165, 1.54) is 12.1 Å². The minimum absolute atomic E-state index is 0.0242. The first kappa shape index (κ1) is 10.9. The highest BCUT2D eigenvalue weighted by molar-refractivity contribution is 5.56. The van der Waals surface area contributed by atoms with Crippen molar-refractivity contribution in [3.8, 4) is 11.5 Å². The summed E-state index contributed by atoms with van der Waals surface area (Å²) in [6.45, 7) is 0.0547. The Labute approximate surface area is 90.9 Å². The monoisotopic (exact) mass is 228 g/mol. The van der Waals surface area contributed by atoms with Gasteiger partial charge in [0.15, 0.2) is 11.5 Å². The van der Waals surface area contributed by atoms with Gasteiger partial charge in [-0.3, -0.25) is 0 Å². The number of halogens is 2. The second-order valence-corrected chi connectivity index (χ2v) is 3.29. The lowest BCUT2D eigenvalue weighted by atomic mass is 10.2. The standard InChI is InChI=1S/C11H10F2O3/c12-11(13)15-9-5-4-8(3-1-2-6-14)7-10(9)16-11/h1,3-5,7,14H,2,6H2. The molecule has 0 aromatic heterocycles. The molecule has 0 amide bonds. The quantitative estimate of drug-likeness (QED) is 0.863. The molecule has 1 heterocycles. The Kier molecular flexibility index (Phi) is 2.78. The molecule has 3 nitrogen and oxygen atoms in total. The summed E-state index contributed by atoms with van der Waals surface area (Å²) in [6, 6.07) is 4.52. The summed E-state index contributed by atoms with van der Waals surface area (Å²) < 4.78 is 33.9. The van der Waals surface area contributed by atoms with Gasteiger partial charge in [-0.1, -0.05) is 18.2 Å². The maximum absolute atomic E-state index is 12.7. The molecule has 0 spiro atoms. The summed E-state index contributed by atoms with van der Waals surface area (Å²) in [7, 11) is 0. The summed E-state index contributed by atoms with van der Waals surface area (Å²) in [6.07, 6.45) is 0.409. The summed E-state index contributed by atoms with van der Waals surface area (Å²) in [5.74, 6) is 0.0560. The van der Waals surface area contributed by atoms with Gasteiger partial charge in [-0.15, -0.1) is 8.78 Å². The number of aliphatic hydroxyl groups is 1. The number of fused-ring (bicyclic) bond motifs is 1. The minimum atomic E-state index is -3.57. The molecule has 0 aliphatic carbocycles. The smallest absolute Gasteiger partial charge is 0.396 e. The molecule has 5 heteroatoms. The van der Waals surface area contributed by atoms with Crippen molar-refractivity contribution in [2.24, 2.45) is 0 Å². The van der Waals surface area contributed by atoms with Crippen molar-refractivity contribution in [1.82, 2.24) is 0 Å². The van der Waals surface area contributed by atoms with Gasteiger partial charge in [-0.25, -0.2) is 0 Å². The topological polar surface area (TPSA) is 38.7 Å². The summed E-state index contributed by atoms with van der Waals surface area (Å²) in [5, 5.41) is 8.57. The summed E-state index contributed by atoms with van der Waals surface area (Å²) in [5.41, 5.74) is 0.716. The van der Waals surface area contributed by atoms with Crippen molar-refractivity contribution >= 4 is 6.08 Å². The first-order valence-electron chi connectivity index (χ1n) is 4.78. The fraction of sp³-hybridized carbons (Fsp3) is 0.273. The van der Waals surface area contributed by atoms with Crippen LogP contribution >= 0.6 is 0 Å². The fourth-order valence-electron chi connectivity index (χ4n) is 1.36. The molecular weight excluding hydrogens is 218 g/mol. The van der Waals surface area contributed by atoms with Crippen LogP contribution in [0.1, 0.15) is 12.0 Å². The van der Waals surface area contributed by atoms with Gasteiger partial charge >= 0.3 is 6.29 Å². The van der Waals surface area contributed by atoms with Crippen LogP contribution < -0.4 is 9.47 Å². The van der Waals surface area contributed by atoms with E-state index < -0.39 is 6.29 Å². The zero-order valence-corrected chi connectivity index (χ0v) is 8.32. The molecule has 86 valence electrons. The first-order valence-corrected chi connectivity index (χ1v) is 4.78. The molecule has 0 radical (unpaired) electrons. The molecular formula is C11H10F2O3. The molecule has 0 atom stereocenters.